The van der Waals surface area contributed by atoms with E-state index in [0.29, 0.717) is 11.7 Å². The molecule has 0 aliphatic heterocycles. The average molecular weight is 140 g/mol. The Kier molecular flexibility index (Phi) is 1.84. The number of hydrogen-bond donors (Lipinski definition) is 0. The minimum absolute atomic E-state index is 0.0301. The highest BCUT2D eigenvalue weighted by Crippen LogP contribution is 2.34. The van der Waals surface area contributed by atoms with Crippen LogP contribution < -0.4 is 0 Å². The first-order valence-corrected chi connectivity index (χ1v) is 4.08. The van der Waals surface area contributed by atoms with Crippen molar-refractivity contribution in [2.24, 2.45) is 11.3 Å². The van der Waals surface area contributed by atoms with Crippen molar-refractivity contribution in [3.8, 4) is 0 Å². The van der Waals surface area contributed by atoms with Crippen LogP contribution in [0.5, 0.6) is 0 Å². The minimum atomic E-state index is -0.0301. The van der Waals surface area contributed by atoms with Gasteiger partial charge in [0, 0.05) is 11.3 Å². The number of hydrogen-bond acceptors (Lipinski definition) is 1. The fourth-order valence-electron chi connectivity index (χ4n) is 1.77. The molecule has 10 heavy (non-hydrogen) atoms. The van der Waals surface area contributed by atoms with Crippen molar-refractivity contribution in [1.82, 2.24) is 0 Å². The quantitative estimate of drug-likeness (QED) is 0.505. The molecule has 0 aromatic carbocycles. The van der Waals surface area contributed by atoms with E-state index in [1.54, 1.807) is 0 Å². The highest BCUT2D eigenvalue weighted by molar-refractivity contribution is 5.86. The third-order valence-electron chi connectivity index (χ3n) is 2.55. The zero-order chi connectivity index (χ0) is 7.78. The zero-order valence-corrected chi connectivity index (χ0v) is 7.11. The van der Waals surface area contributed by atoms with Gasteiger partial charge in [-0.3, -0.25) is 4.79 Å². The molecule has 0 heterocycles. The standard InChI is InChI=1S/C9H16O/c1-7-5-4-6-9(2,3)8(7)10/h7H,4-6H2,1-3H3/t7-/m0/s1. The fraction of sp³-hybridized carbons (Fsp3) is 0.889. The van der Waals surface area contributed by atoms with Crippen LogP contribution in [0.4, 0.5) is 0 Å². The lowest BCUT2D eigenvalue weighted by Gasteiger charge is -2.31. The summed E-state index contributed by atoms with van der Waals surface area (Å²) < 4.78 is 0. The molecule has 0 spiro atoms. The molecular weight excluding hydrogens is 124 g/mol. The summed E-state index contributed by atoms with van der Waals surface area (Å²) in [5.74, 6) is 0.766. The Morgan fingerprint density at radius 1 is 1.50 bits per heavy atom. The van der Waals surface area contributed by atoms with Crippen molar-refractivity contribution in [3.63, 3.8) is 0 Å². The Bertz CT molecular complexity index is 147. The van der Waals surface area contributed by atoms with E-state index in [4.69, 9.17) is 0 Å². The third-order valence-corrected chi connectivity index (χ3v) is 2.55. The molecule has 58 valence electrons. The molecule has 0 aromatic heterocycles. The van der Waals surface area contributed by atoms with Crippen LogP contribution in [0.25, 0.3) is 0 Å². The van der Waals surface area contributed by atoms with Crippen LogP contribution in [0.15, 0.2) is 0 Å². The maximum atomic E-state index is 11.4. The summed E-state index contributed by atoms with van der Waals surface area (Å²) in [6, 6.07) is 0. The Labute approximate surface area is 62.8 Å². The van der Waals surface area contributed by atoms with E-state index in [1.807, 2.05) is 6.92 Å². The Balaban J connectivity index is 2.70. The molecule has 0 saturated heterocycles. The summed E-state index contributed by atoms with van der Waals surface area (Å²) in [7, 11) is 0. The fourth-order valence-corrected chi connectivity index (χ4v) is 1.77. The van der Waals surface area contributed by atoms with Gasteiger partial charge >= 0.3 is 0 Å². The minimum Gasteiger partial charge on any atom is -0.299 e. The summed E-state index contributed by atoms with van der Waals surface area (Å²) >= 11 is 0. The first kappa shape index (κ1) is 7.77. The molecule has 0 unspecified atom stereocenters. The SMILES string of the molecule is C[C@H]1CCCC(C)(C)C1=O. The van der Waals surface area contributed by atoms with Crippen LogP contribution in [0.2, 0.25) is 0 Å². The van der Waals surface area contributed by atoms with Crippen LogP contribution in [-0.2, 0) is 4.79 Å². The molecule has 1 rings (SSSR count). The van der Waals surface area contributed by atoms with Crippen molar-refractivity contribution >= 4 is 5.78 Å². The number of ketones is 1. The van der Waals surface area contributed by atoms with E-state index >= 15 is 0 Å². The number of carbonyl (C=O) groups is 1. The van der Waals surface area contributed by atoms with Gasteiger partial charge in [0.2, 0.25) is 0 Å². The first-order valence-electron chi connectivity index (χ1n) is 4.08. The van der Waals surface area contributed by atoms with Crippen molar-refractivity contribution in [1.29, 1.82) is 0 Å². The largest absolute Gasteiger partial charge is 0.299 e. The van der Waals surface area contributed by atoms with Crippen LogP contribution >= 0.6 is 0 Å². The van der Waals surface area contributed by atoms with Crippen LogP contribution in [-0.4, -0.2) is 5.78 Å². The molecule has 1 heteroatoms. The number of carbonyl (C=O) groups excluding carboxylic acids is 1. The van der Waals surface area contributed by atoms with Gasteiger partial charge in [0.15, 0.2) is 0 Å². The first-order chi connectivity index (χ1) is 4.54. The van der Waals surface area contributed by atoms with Crippen LogP contribution in [0.3, 0.4) is 0 Å². The lowest BCUT2D eigenvalue weighted by atomic mass is 9.72. The smallest absolute Gasteiger partial charge is 0.141 e. The molecule has 1 aliphatic carbocycles. The van der Waals surface area contributed by atoms with E-state index in [2.05, 4.69) is 13.8 Å². The summed E-state index contributed by atoms with van der Waals surface area (Å²) in [5.41, 5.74) is -0.0301. The van der Waals surface area contributed by atoms with Crippen molar-refractivity contribution in [2.75, 3.05) is 0 Å². The van der Waals surface area contributed by atoms with Gasteiger partial charge in [0.1, 0.15) is 5.78 Å². The summed E-state index contributed by atoms with van der Waals surface area (Å²) in [6.07, 6.45) is 3.40. The molecule has 1 fully saturated rings. The molecule has 0 radical (unpaired) electrons. The lowest BCUT2D eigenvalue weighted by molar-refractivity contribution is -0.133. The van der Waals surface area contributed by atoms with Gasteiger partial charge in [0.05, 0.1) is 0 Å². The Morgan fingerprint density at radius 3 is 2.50 bits per heavy atom. The Hall–Kier alpha value is -0.330. The number of Topliss-reactive ketones (excluding diaryl/α,β-unsaturated/α-hetero) is 1. The Morgan fingerprint density at radius 2 is 2.10 bits per heavy atom. The summed E-state index contributed by atoms with van der Waals surface area (Å²) in [4.78, 5) is 11.4. The second-order valence-electron chi connectivity index (χ2n) is 4.04. The van der Waals surface area contributed by atoms with E-state index in [9.17, 15) is 4.79 Å². The predicted octanol–water partition coefficient (Wildman–Crippen LogP) is 2.40. The molecule has 1 aliphatic rings. The van der Waals surface area contributed by atoms with Crippen molar-refractivity contribution in [2.45, 2.75) is 40.0 Å². The highest BCUT2D eigenvalue weighted by atomic mass is 16.1. The molecule has 0 N–H and O–H groups in total. The molecule has 1 atom stereocenters. The topological polar surface area (TPSA) is 17.1 Å². The van der Waals surface area contributed by atoms with E-state index in [0.717, 1.165) is 12.8 Å². The normalized spacial score (nSPS) is 32.3. The maximum absolute atomic E-state index is 11.4. The van der Waals surface area contributed by atoms with Gasteiger partial charge in [-0.2, -0.15) is 0 Å². The summed E-state index contributed by atoms with van der Waals surface area (Å²) in [5, 5.41) is 0. The molecule has 1 nitrogen and oxygen atoms in total. The van der Waals surface area contributed by atoms with Crippen molar-refractivity contribution < 1.29 is 4.79 Å². The van der Waals surface area contributed by atoms with Gasteiger partial charge in [-0.1, -0.05) is 27.2 Å². The number of rotatable bonds is 0. The maximum Gasteiger partial charge on any atom is 0.141 e. The van der Waals surface area contributed by atoms with E-state index in [-0.39, 0.29) is 5.41 Å². The average Bonchev–Trinajstić information content (AvgIpc) is 1.83. The second kappa shape index (κ2) is 2.37. The third kappa shape index (κ3) is 1.23. The van der Waals surface area contributed by atoms with Gasteiger partial charge in [0.25, 0.3) is 0 Å². The molecule has 0 amide bonds. The molecule has 0 bridgehead atoms. The van der Waals surface area contributed by atoms with Gasteiger partial charge in [-0.25, -0.2) is 0 Å². The highest BCUT2D eigenvalue weighted by Gasteiger charge is 2.34. The molecule has 1 saturated carbocycles. The van der Waals surface area contributed by atoms with Gasteiger partial charge in [-0.15, -0.1) is 0 Å². The van der Waals surface area contributed by atoms with Gasteiger partial charge < -0.3 is 0 Å². The molecular formula is C9H16O. The summed E-state index contributed by atoms with van der Waals surface area (Å²) in [6.45, 7) is 6.17. The van der Waals surface area contributed by atoms with Crippen molar-refractivity contribution in [3.05, 3.63) is 0 Å². The van der Waals surface area contributed by atoms with Crippen LogP contribution in [0.1, 0.15) is 40.0 Å². The second-order valence-corrected chi connectivity index (χ2v) is 4.04. The van der Waals surface area contributed by atoms with E-state index in [1.165, 1.54) is 6.42 Å². The van der Waals surface area contributed by atoms with E-state index < -0.39 is 0 Å². The zero-order valence-electron chi connectivity index (χ0n) is 7.11. The monoisotopic (exact) mass is 140 g/mol. The predicted molar refractivity (Wildman–Crippen MR) is 41.8 cm³/mol. The van der Waals surface area contributed by atoms with Crippen LogP contribution in [0, 0.1) is 11.3 Å². The van der Waals surface area contributed by atoms with Gasteiger partial charge in [-0.05, 0) is 12.8 Å². The molecule has 0 aromatic rings. The lowest BCUT2D eigenvalue weighted by Crippen LogP contribution is -2.33.